The second-order valence-corrected chi connectivity index (χ2v) is 12.4. The SMILES string of the molecule is CC(C)(C)[Si](C)(C)OC[C@H]1c2ccccc2C[C@H]1NC(=O)O. The molecule has 1 aromatic rings. The summed E-state index contributed by atoms with van der Waals surface area (Å²) in [6.07, 6.45) is -0.219. The number of benzene rings is 1. The van der Waals surface area contributed by atoms with Crippen LogP contribution in [0.5, 0.6) is 0 Å². The number of carboxylic acid groups (broad SMARTS) is 1. The van der Waals surface area contributed by atoms with Crippen LogP contribution in [0.15, 0.2) is 24.3 Å². The Morgan fingerprint density at radius 1 is 1.36 bits per heavy atom. The van der Waals surface area contributed by atoms with Gasteiger partial charge in [0.05, 0.1) is 0 Å². The molecule has 2 rings (SSSR count). The second kappa shape index (κ2) is 6.05. The van der Waals surface area contributed by atoms with Crippen molar-refractivity contribution in [3.05, 3.63) is 35.4 Å². The van der Waals surface area contributed by atoms with Gasteiger partial charge in [0.1, 0.15) is 0 Å². The highest BCUT2D eigenvalue weighted by molar-refractivity contribution is 6.74. The van der Waals surface area contributed by atoms with Crippen molar-refractivity contribution in [3.8, 4) is 0 Å². The number of carbonyl (C=O) groups is 1. The summed E-state index contributed by atoms with van der Waals surface area (Å²) in [7, 11) is -1.84. The summed E-state index contributed by atoms with van der Waals surface area (Å²) in [5, 5.41) is 11.9. The van der Waals surface area contributed by atoms with Crippen LogP contribution in [-0.2, 0) is 10.8 Å². The number of hydrogen-bond donors (Lipinski definition) is 2. The van der Waals surface area contributed by atoms with E-state index >= 15 is 0 Å². The molecule has 0 heterocycles. The molecule has 1 aliphatic carbocycles. The fraction of sp³-hybridized carbons (Fsp3) is 0.588. The van der Waals surface area contributed by atoms with Gasteiger partial charge in [-0.15, -0.1) is 0 Å². The molecule has 0 saturated heterocycles. The molecule has 0 aliphatic heterocycles. The van der Waals surface area contributed by atoms with Crippen LogP contribution >= 0.6 is 0 Å². The van der Waals surface area contributed by atoms with Gasteiger partial charge in [-0.05, 0) is 35.7 Å². The maximum atomic E-state index is 11.1. The molecular weight excluding hydrogens is 294 g/mol. The molecule has 1 amide bonds. The van der Waals surface area contributed by atoms with E-state index < -0.39 is 14.4 Å². The summed E-state index contributed by atoms with van der Waals surface area (Å²) in [4.78, 5) is 11.1. The van der Waals surface area contributed by atoms with Crippen molar-refractivity contribution in [2.75, 3.05) is 6.61 Å². The van der Waals surface area contributed by atoms with Gasteiger partial charge in [-0.25, -0.2) is 4.79 Å². The number of nitrogens with one attached hydrogen (secondary N) is 1. The highest BCUT2D eigenvalue weighted by atomic mass is 28.4. The van der Waals surface area contributed by atoms with Crippen LogP contribution in [0.25, 0.3) is 0 Å². The molecule has 0 saturated carbocycles. The van der Waals surface area contributed by atoms with Crippen molar-refractivity contribution in [1.82, 2.24) is 5.32 Å². The maximum absolute atomic E-state index is 11.1. The molecule has 0 fully saturated rings. The zero-order valence-corrected chi connectivity index (χ0v) is 15.1. The lowest BCUT2D eigenvalue weighted by Gasteiger charge is -2.37. The van der Waals surface area contributed by atoms with Gasteiger partial charge in [-0.3, -0.25) is 0 Å². The first kappa shape index (κ1) is 17.0. The molecule has 0 aromatic heterocycles. The Kier molecular flexibility index (Phi) is 4.68. The Labute approximate surface area is 134 Å². The zero-order chi connectivity index (χ0) is 16.5. The van der Waals surface area contributed by atoms with E-state index in [1.807, 2.05) is 12.1 Å². The van der Waals surface area contributed by atoms with E-state index in [1.54, 1.807) is 0 Å². The molecule has 0 spiro atoms. The van der Waals surface area contributed by atoms with Crippen molar-refractivity contribution in [1.29, 1.82) is 0 Å². The Morgan fingerprint density at radius 2 is 2.00 bits per heavy atom. The summed E-state index contributed by atoms with van der Waals surface area (Å²) in [5.74, 6) is 0.0985. The monoisotopic (exact) mass is 321 g/mol. The first-order valence-electron chi connectivity index (χ1n) is 7.83. The fourth-order valence-corrected chi connectivity index (χ4v) is 3.74. The maximum Gasteiger partial charge on any atom is 0.404 e. The van der Waals surface area contributed by atoms with E-state index in [4.69, 9.17) is 9.53 Å². The van der Waals surface area contributed by atoms with Crippen molar-refractivity contribution in [2.45, 2.75) is 57.3 Å². The lowest BCUT2D eigenvalue weighted by molar-refractivity contribution is 0.183. The largest absolute Gasteiger partial charge is 0.465 e. The molecule has 2 N–H and O–H groups in total. The van der Waals surface area contributed by atoms with Crippen LogP contribution in [0, 0.1) is 0 Å². The van der Waals surface area contributed by atoms with E-state index in [0.29, 0.717) is 6.61 Å². The Balaban J connectivity index is 2.16. The van der Waals surface area contributed by atoms with Gasteiger partial charge < -0.3 is 14.8 Å². The third-order valence-electron chi connectivity index (χ3n) is 5.12. The zero-order valence-electron chi connectivity index (χ0n) is 14.1. The fourth-order valence-electron chi connectivity index (χ4n) is 2.71. The lowest BCUT2D eigenvalue weighted by atomic mass is 10.00. The first-order valence-corrected chi connectivity index (χ1v) is 10.7. The molecule has 1 aromatic carbocycles. The highest BCUT2D eigenvalue weighted by Crippen LogP contribution is 2.39. The van der Waals surface area contributed by atoms with Crippen molar-refractivity contribution in [3.63, 3.8) is 0 Å². The second-order valence-electron chi connectivity index (χ2n) is 7.64. The van der Waals surface area contributed by atoms with Crippen molar-refractivity contribution < 1.29 is 14.3 Å². The van der Waals surface area contributed by atoms with Crippen LogP contribution in [-0.4, -0.2) is 32.2 Å². The Hall–Kier alpha value is -1.33. The van der Waals surface area contributed by atoms with Gasteiger partial charge in [-0.1, -0.05) is 45.0 Å². The van der Waals surface area contributed by atoms with E-state index in [2.05, 4.69) is 51.3 Å². The van der Waals surface area contributed by atoms with Gasteiger partial charge in [0.25, 0.3) is 0 Å². The number of hydrogen-bond acceptors (Lipinski definition) is 2. The van der Waals surface area contributed by atoms with Crippen LogP contribution in [0.4, 0.5) is 4.79 Å². The molecular formula is C17H27NO3Si. The predicted molar refractivity (Wildman–Crippen MR) is 91.0 cm³/mol. The lowest BCUT2D eigenvalue weighted by Crippen LogP contribution is -2.44. The van der Waals surface area contributed by atoms with Crippen molar-refractivity contribution in [2.24, 2.45) is 0 Å². The minimum absolute atomic E-state index is 0.0975. The summed E-state index contributed by atoms with van der Waals surface area (Å²) in [5.41, 5.74) is 2.45. The smallest absolute Gasteiger partial charge is 0.404 e. The van der Waals surface area contributed by atoms with Crippen LogP contribution < -0.4 is 5.32 Å². The molecule has 22 heavy (non-hydrogen) atoms. The van der Waals surface area contributed by atoms with Gasteiger partial charge in [0.2, 0.25) is 0 Å². The topological polar surface area (TPSA) is 58.6 Å². The van der Waals surface area contributed by atoms with Crippen LogP contribution in [0.3, 0.4) is 0 Å². The summed E-state index contributed by atoms with van der Waals surface area (Å²) in [6, 6.07) is 8.10. The molecule has 2 atom stereocenters. The quantitative estimate of drug-likeness (QED) is 0.825. The first-order chi connectivity index (χ1) is 10.1. The van der Waals surface area contributed by atoms with Crippen molar-refractivity contribution >= 4 is 14.4 Å². The van der Waals surface area contributed by atoms with Gasteiger partial charge >= 0.3 is 6.09 Å². The average molecular weight is 321 g/mol. The number of rotatable bonds is 4. The average Bonchev–Trinajstić information content (AvgIpc) is 2.71. The summed E-state index contributed by atoms with van der Waals surface area (Å²) < 4.78 is 6.35. The van der Waals surface area contributed by atoms with Crippen LogP contribution in [0.2, 0.25) is 18.1 Å². The summed E-state index contributed by atoms with van der Waals surface area (Å²) in [6.45, 7) is 11.7. The third kappa shape index (κ3) is 3.52. The van der Waals surface area contributed by atoms with Crippen LogP contribution in [0.1, 0.15) is 37.8 Å². The summed E-state index contributed by atoms with van der Waals surface area (Å²) >= 11 is 0. The third-order valence-corrected chi connectivity index (χ3v) is 9.62. The molecule has 0 bridgehead atoms. The van der Waals surface area contributed by atoms with E-state index in [0.717, 1.165) is 6.42 Å². The minimum Gasteiger partial charge on any atom is -0.465 e. The molecule has 1 aliphatic rings. The minimum atomic E-state index is -1.84. The van der Waals surface area contributed by atoms with E-state index in [1.165, 1.54) is 11.1 Å². The van der Waals surface area contributed by atoms with E-state index in [-0.39, 0.29) is 17.0 Å². The normalized spacial score (nSPS) is 21.5. The molecule has 122 valence electrons. The van der Waals surface area contributed by atoms with Gasteiger partial charge in [0.15, 0.2) is 8.32 Å². The Bertz CT molecular complexity index is 551. The molecule has 4 nitrogen and oxygen atoms in total. The highest BCUT2D eigenvalue weighted by Gasteiger charge is 2.40. The number of fused-ring (bicyclic) bond motifs is 1. The van der Waals surface area contributed by atoms with Gasteiger partial charge in [-0.2, -0.15) is 0 Å². The predicted octanol–water partition coefficient (Wildman–Crippen LogP) is 3.98. The van der Waals surface area contributed by atoms with Gasteiger partial charge in [0, 0.05) is 18.6 Å². The number of amides is 1. The molecule has 5 heteroatoms. The Morgan fingerprint density at radius 3 is 2.59 bits per heavy atom. The molecule has 0 unspecified atom stereocenters. The standard InChI is InChI=1S/C17H27NO3Si/c1-17(2,3)22(4,5)21-11-14-13-9-7-6-8-12(13)10-15(14)18-16(19)20/h6-9,14-15,18H,10-11H2,1-5H3,(H,19,20)/t14-,15+/m0/s1. The molecule has 0 radical (unpaired) electrons. The van der Waals surface area contributed by atoms with E-state index in [9.17, 15) is 4.79 Å².